The van der Waals surface area contributed by atoms with Crippen LogP contribution < -0.4 is 10.6 Å². The molecule has 0 radical (unpaired) electrons. The van der Waals surface area contributed by atoms with Crippen LogP contribution in [-0.2, 0) is 4.79 Å². The lowest BCUT2D eigenvalue weighted by Crippen LogP contribution is -2.45. The lowest BCUT2D eigenvalue weighted by atomic mass is 10.2. The average Bonchev–Trinajstić information content (AvgIpc) is 2.35. The minimum absolute atomic E-state index is 0.242. The monoisotopic (exact) mass is 330 g/mol. The minimum Gasteiger partial charge on any atom is -0.354 e. The minimum atomic E-state index is -0.643. The van der Waals surface area contributed by atoms with Crippen LogP contribution in [0.2, 0.25) is 0 Å². The van der Waals surface area contributed by atoms with Crippen molar-refractivity contribution in [3.8, 4) is 0 Å². The summed E-state index contributed by atoms with van der Waals surface area (Å²) in [5, 5.41) is 5.25. The molecule has 0 saturated heterocycles. The molecule has 0 bridgehead atoms. The summed E-state index contributed by atoms with van der Waals surface area (Å²) >= 11 is 3.12. The molecule has 4 nitrogen and oxygen atoms in total. The summed E-state index contributed by atoms with van der Waals surface area (Å²) in [6.07, 6.45) is 0.829. The van der Waals surface area contributed by atoms with E-state index in [1.54, 1.807) is 6.92 Å². The zero-order chi connectivity index (χ0) is 14.4. The van der Waals surface area contributed by atoms with Crippen molar-refractivity contribution >= 4 is 27.7 Å². The lowest BCUT2D eigenvalue weighted by Gasteiger charge is -2.14. The maximum atomic E-state index is 12.9. The van der Waals surface area contributed by atoms with Gasteiger partial charge in [-0.1, -0.05) is 6.92 Å². The van der Waals surface area contributed by atoms with Crippen LogP contribution in [-0.4, -0.2) is 24.4 Å². The van der Waals surface area contributed by atoms with E-state index in [0.29, 0.717) is 11.0 Å². The molecule has 0 fully saturated rings. The Labute approximate surface area is 119 Å². The zero-order valence-electron chi connectivity index (χ0n) is 10.8. The third kappa shape index (κ3) is 4.63. The number of amides is 2. The fourth-order valence-electron chi connectivity index (χ4n) is 1.41. The fourth-order valence-corrected chi connectivity index (χ4v) is 1.95. The van der Waals surface area contributed by atoms with Crippen LogP contribution in [0.1, 0.15) is 30.6 Å². The third-order valence-electron chi connectivity index (χ3n) is 2.47. The first kappa shape index (κ1) is 15.6. The number of hydrogen-bond donors (Lipinski definition) is 2. The molecule has 19 heavy (non-hydrogen) atoms. The van der Waals surface area contributed by atoms with Crippen LogP contribution in [0.25, 0.3) is 0 Å². The largest absolute Gasteiger partial charge is 0.354 e. The van der Waals surface area contributed by atoms with Crippen molar-refractivity contribution in [3.63, 3.8) is 0 Å². The van der Waals surface area contributed by atoms with Crippen LogP contribution in [0, 0.1) is 5.82 Å². The van der Waals surface area contributed by atoms with Gasteiger partial charge in [0.2, 0.25) is 5.91 Å². The molecule has 0 aliphatic carbocycles. The molecule has 0 aliphatic rings. The molecule has 0 saturated carbocycles. The highest BCUT2D eigenvalue weighted by Gasteiger charge is 2.17. The van der Waals surface area contributed by atoms with E-state index >= 15 is 0 Å². The lowest BCUT2D eigenvalue weighted by molar-refractivity contribution is -0.122. The average molecular weight is 331 g/mol. The molecule has 104 valence electrons. The summed E-state index contributed by atoms with van der Waals surface area (Å²) in [6.45, 7) is 4.11. The fraction of sp³-hybridized carbons (Fsp3) is 0.385. The molecule has 0 spiro atoms. The van der Waals surface area contributed by atoms with Gasteiger partial charge in [-0.2, -0.15) is 0 Å². The molecule has 1 aromatic carbocycles. The Morgan fingerprint density at radius 1 is 1.42 bits per heavy atom. The van der Waals surface area contributed by atoms with Crippen molar-refractivity contribution < 1.29 is 14.0 Å². The van der Waals surface area contributed by atoms with Crippen molar-refractivity contribution in [2.45, 2.75) is 26.3 Å². The van der Waals surface area contributed by atoms with Gasteiger partial charge in [0.05, 0.1) is 5.56 Å². The SMILES string of the molecule is CCCNC(=O)C(C)NC(=O)c1ccc(F)cc1Br. The summed E-state index contributed by atoms with van der Waals surface area (Å²) in [5.74, 6) is -1.10. The standard InChI is InChI=1S/C13H16BrFN2O2/c1-3-6-16-12(18)8(2)17-13(19)10-5-4-9(15)7-11(10)14/h4-5,7-8H,3,6H2,1-2H3,(H,16,18)(H,17,19). The van der Waals surface area contributed by atoms with Crippen molar-refractivity contribution in [2.24, 2.45) is 0 Å². The number of carbonyl (C=O) groups is 2. The van der Waals surface area contributed by atoms with E-state index in [-0.39, 0.29) is 11.5 Å². The summed E-state index contributed by atoms with van der Waals surface area (Å²) < 4.78 is 13.3. The van der Waals surface area contributed by atoms with Gasteiger partial charge < -0.3 is 10.6 Å². The molecule has 1 unspecified atom stereocenters. The highest BCUT2D eigenvalue weighted by Crippen LogP contribution is 2.17. The maximum Gasteiger partial charge on any atom is 0.253 e. The van der Waals surface area contributed by atoms with Gasteiger partial charge in [0, 0.05) is 11.0 Å². The molecule has 1 aromatic rings. The van der Waals surface area contributed by atoms with Crippen LogP contribution >= 0.6 is 15.9 Å². The number of nitrogens with one attached hydrogen (secondary N) is 2. The number of halogens is 2. The highest BCUT2D eigenvalue weighted by atomic mass is 79.9. The van der Waals surface area contributed by atoms with E-state index < -0.39 is 17.8 Å². The summed E-state index contributed by atoms with van der Waals surface area (Å²) in [4.78, 5) is 23.5. The quantitative estimate of drug-likeness (QED) is 0.869. The van der Waals surface area contributed by atoms with Gasteiger partial charge in [-0.25, -0.2) is 4.39 Å². The van der Waals surface area contributed by atoms with Crippen LogP contribution in [0.3, 0.4) is 0 Å². The van der Waals surface area contributed by atoms with Gasteiger partial charge in [-0.3, -0.25) is 9.59 Å². The van der Waals surface area contributed by atoms with E-state index in [4.69, 9.17) is 0 Å². The van der Waals surface area contributed by atoms with Gasteiger partial charge in [0.15, 0.2) is 0 Å². The second-order valence-corrected chi connectivity index (χ2v) is 4.96. The molecule has 1 atom stereocenters. The van der Waals surface area contributed by atoms with E-state index in [0.717, 1.165) is 6.42 Å². The van der Waals surface area contributed by atoms with E-state index in [9.17, 15) is 14.0 Å². The predicted octanol–water partition coefficient (Wildman–Crippen LogP) is 2.23. The molecular formula is C13H16BrFN2O2. The van der Waals surface area contributed by atoms with Crippen molar-refractivity contribution in [3.05, 3.63) is 34.1 Å². The van der Waals surface area contributed by atoms with Gasteiger partial charge in [-0.05, 0) is 47.5 Å². The second-order valence-electron chi connectivity index (χ2n) is 4.11. The molecule has 0 heterocycles. The number of carbonyl (C=O) groups excluding carboxylic acids is 2. The maximum absolute atomic E-state index is 12.9. The van der Waals surface area contributed by atoms with Crippen molar-refractivity contribution in [1.82, 2.24) is 10.6 Å². The Balaban J connectivity index is 2.66. The van der Waals surface area contributed by atoms with Crippen molar-refractivity contribution in [1.29, 1.82) is 0 Å². The van der Waals surface area contributed by atoms with Gasteiger partial charge >= 0.3 is 0 Å². The highest BCUT2D eigenvalue weighted by molar-refractivity contribution is 9.10. The summed E-state index contributed by atoms with van der Waals surface area (Å²) in [5.41, 5.74) is 0.288. The topological polar surface area (TPSA) is 58.2 Å². The predicted molar refractivity (Wildman–Crippen MR) is 74.3 cm³/mol. The molecule has 6 heteroatoms. The van der Waals surface area contributed by atoms with E-state index in [1.165, 1.54) is 18.2 Å². The Bertz CT molecular complexity index is 480. The molecule has 0 aliphatic heterocycles. The molecule has 0 aromatic heterocycles. The number of benzene rings is 1. The van der Waals surface area contributed by atoms with Crippen LogP contribution in [0.5, 0.6) is 0 Å². The van der Waals surface area contributed by atoms with E-state index in [1.807, 2.05) is 6.92 Å². The Morgan fingerprint density at radius 2 is 2.11 bits per heavy atom. The molecule has 2 amide bonds. The molecule has 1 rings (SSSR count). The van der Waals surface area contributed by atoms with Crippen LogP contribution in [0.15, 0.2) is 22.7 Å². The third-order valence-corrected chi connectivity index (χ3v) is 3.12. The van der Waals surface area contributed by atoms with Gasteiger partial charge in [0.25, 0.3) is 5.91 Å². The molecular weight excluding hydrogens is 315 g/mol. The number of rotatable bonds is 5. The number of hydrogen-bond acceptors (Lipinski definition) is 2. The zero-order valence-corrected chi connectivity index (χ0v) is 12.4. The Morgan fingerprint density at radius 3 is 2.68 bits per heavy atom. The first-order valence-electron chi connectivity index (χ1n) is 5.99. The first-order chi connectivity index (χ1) is 8.95. The second kappa shape index (κ2) is 7.23. The van der Waals surface area contributed by atoms with E-state index in [2.05, 4.69) is 26.6 Å². The smallest absolute Gasteiger partial charge is 0.253 e. The first-order valence-corrected chi connectivity index (χ1v) is 6.78. The van der Waals surface area contributed by atoms with Gasteiger partial charge in [-0.15, -0.1) is 0 Å². The Hall–Kier alpha value is -1.43. The molecule has 2 N–H and O–H groups in total. The Kier molecular flexibility index (Phi) is 5.95. The normalized spacial score (nSPS) is 11.8. The summed E-state index contributed by atoms with van der Waals surface area (Å²) in [7, 11) is 0. The van der Waals surface area contributed by atoms with Crippen LogP contribution in [0.4, 0.5) is 4.39 Å². The summed E-state index contributed by atoms with van der Waals surface area (Å²) in [6, 6.07) is 3.12. The van der Waals surface area contributed by atoms with Gasteiger partial charge in [0.1, 0.15) is 11.9 Å². The van der Waals surface area contributed by atoms with Crippen molar-refractivity contribution in [2.75, 3.05) is 6.54 Å².